The van der Waals surface area contributed by atoms with Crippen LogP contribution in [0.4, 0.5) is 0 Å². The number of hydrogen-bond acceptors (Lipinski definition) is 1. The number of nitrogens with zero attached hydrogens (tertiary/aromatic N) is 1. The number of hydrogen-bond donors (Lipinski definition) is 1. The van der Waals surface area contributed by atoms with Crippen LogP contribution in [0.2, 0.25) is 0 Å². The van der Waals surface area contributed by atoms with Crippen LogP contribution in [0.1, 0.15) is 49.2 Å². The molecule has 0 spiro atoms. The first-order valence-corrected chi connectivity index (χ1v) is 7.56. The Hall–Kier alpha value is -1.77. The van der Waals surface area contributed by atoms with Crippen molar-refractivity contribution in [2.45, 2.75) is 46.6 Å². The van der Waals surface area contributed by atoms with E-state index in [-0.39, 0.29) is 5.91 Å². The lowest BCUT2D eigenvalue weighted by Gasteiger charge is -2.09. The van der Waals surface area contributed by atoms with Gasteiger partial charge in [0.1, 0.15) is 5.69 Å². The lowest BCUT2D eigenvalue weighted by atomic mass is 10.1. The zero-order valence-electron chi connectivity index (χ0n) is 12.7. The molecule has 2 rings (SSSR count). The minimum atomic E-state index is 0.0525. The number of benzene rings is 1. The fourth-order valence-electron chi connectivity index (χ4n) is 2.76. The van der Waals surface area contributed by atoms with Crippen LogP contribution in [0.5, 0.6) is 0 Å². The maximum absolute atomic E-state index is 12.4. The number of nitrogens with one attached hydrogen (secondary N) is 1. The quantitative estimate of drug-likeness (QED) is 0.795. The molecule has 0 bridgehead atoms. The highest BCUT2D eigenvalue weighted by atomic mass is 16.1. The van der Waals surface area contributed by atoms with Gasteiger partial charge in [0.25, 0.3) is 5.91 Å². The van der Waals surface area contributed by atoms with E-state index in [1.807, 2.05) is 19.1 Å². The number of para-hydroxylation sites is 1. The van der Waals surface area contributed by atoms with Gasteiger partial charge in [0, 0.05) is 24.0 Å². The Morgan fingerprint density at radius 3 is 2.65 bits per heavy atom. The Balaban J connectivity index is 2.28. The predicted molar refractivity (Wildman–Crippen MR) is 84.2 cm³/mol. The first kappa shape index (κ1) is 14.6. The molecule has 2 aromatic rings. The van der Waals surface area contributed by atoms with Crippen molar-refractivity contribution >= 4 is 16.8 Å². The minimum Gasteiger partial charge on any atom is -0.351 e. The number of carbonyl (C=O) groups excluding carboxylic acids is 1. The normalized spacial score (nSPS) is 10.9. The second kappa shape index (κ2) is 6.60. The van der Waals surface area contributed by atoms with Gasteiger partial charge in [-0.25, -0.2) is 0 Å². The van der Waals surface area contributed by atoms with Crippen LogP contribution in [0.3, 0.4) is 0 Å². The Kier molecular flexibility index (Phi) is 4.83. The lowest BCUT2D eigenvalue weighted by Crippen LogP contribution is -2.27. The van der Waals surface area contributed by atoms with E-state index in [9.17, 15) is 4.79 Å². The van der Waals surface area contributed by atoms with Crippen LogP contribution in [0.25, 0.3) is 10.9 Å². The first-order valence-electron chi connectivity index (χ1n) is 7.56. The third-order valence-electron chi connectivity index (χ3n) is 3.82. The molecule has 1 N–H and O–H groups in total. The van der Waals surface area contributed by atoms with Gasteiger partial charge in [-0.2, -0.15) is 0 Å². The molecule has 0 fully saturated rings. The van der Waals surface area contributed by atoms with Crippen molar-refractivity contribution in [2.24, 2.45) is 0 Å². The largest absolute Gasteiger partial charge is 0.351 e. The van der Waals surface area contributed by atoms with Crippen LogP contribution in [0, 0.1) is 6.92 Å². The zero-order valence-corrected chi connectivity index (χ0v) is 12.7. The molecule has 0 saturated heterocycles. The molecular formula is C17H24N2O. The summed E-state index contributed by atoms with van der Waals surface area (Å²) in [7, 11) is 0. The van der Waals surface area contributed by atoms with Gasteiger partial charge >= 0.3 is 0 Å². The molecule has 0 aliphatic carbocycles. The van der Waals surface area contributed by atoms with Crippen LogP contribution in [-0.2, 0) is 6.54 Å². The number of aryl methyl sites for hydroxylation is 2. The fraction of sp³-hybridized carbons (Fsp3) is 0.471. The molecule has 0 aliphatic heterocycles. The first-order chi connectivity index (χ1) is 9.70. The van der Waals surface area contributed by atoms with E-state index in [1.165, 1.54) is 11.8 Å². The van der Waals surface area contributed by atoms with E-state index in [2.05, 4.69) is 35.9 Å². The molecule has 0 unspecified atom stereocenters. The molecule has 0 saturated carbocycles. The summed E-state index contributed by atoms with van der Waals surface area (Å²) in [5, 5.41) is 4.22. The summed E-state index contributed by atoms with van der Waals surface area (Å²) in [6, 6.07) is 8.22. The highest BCUT2D eigenvalue weighted by molar-refractivity contribution is 6.01. The summed E-state index contributed by atoms with van der Waals surface area (Å²) >= 11 is 0. The number of aromatic nitrogens is 1. The van der Waals surface area contributed by atoms with Gasteiger partial charge in [0.15, 0.2) is 0 Å². The number of fused-ring (bicyclic) bond motifs is 1. The molecule has 0 aliphatic rings. The maximum Gasteiger partial charge on any atom is 0.268 e. The van der Waals surface area contributed by atoms with Crippen LogP contribution in [-0.4, -0.2) is 17.0 Å². The van der Waals surface area contributed by atoms with E-state index in [0.717, 1.165) is 42.7 Å². The second-order valence-electron chi connectivity index (χ2n) is 5.20. The average Bonchev–Trinajstić information content (AvgIpc) is 2.76. The van der Waals surface area contributed by atoms with Gasteiger partial charge in [0.2, 0.25) is 0 Å². The molecule has 0 radical (unpaired) electrons. The summed E-state index contributed by atoms with van der Waals surface area (Å²) in [6.07, 6.45) is 3.38. The maximum atomic E-state index is 12.4. The molecule has 108 valence electrons. The standard InChI is InChI=1S/C17H24N2O/c1-4-6-9-12-18-17(20)16-13(3)14-10-7-8-11-15(14)19(16)5-2/h7-8,10-11H,4-6,9,12H2,1-3H3,(H,18,20). The number of amides is 1. The fourth-order valence-corrected chi connectivity index (χ4v) is 2.76. The minimum absolute atomic E-state index is 0.0525. The molecule has 0 atom stereocenters. The Morgan fingerprint density at radius 1 is 1.20 bits per heavy atom. The van der Waals surface area contributed by atoms with E-state index in [1.54, 1.807) is 0 Å². The smallest absolute Gasteiger partial charge is 0.268 e. The Bertz CT molecular complexity index is 598. The SMILES string of the molecule is CCCCCNC(=O)c1c(C)c2ccccc2n1CC. The van der Waals surface area contributed by atoms with Crippen molar-refractivity contribution in [3.05, 3.63) is 35.5 Å². The van der Waals surface area contributed by atoms with Crippen molar-refractivity contribution in [3.8, 4) is 0 Å². The van der Waals surface area contributed by atoms with E-state index in [0.29, 0.717) is 0 Å². The van der Waals surface area contributed by atoms with Gasteiger partial charge in [-0.1, -0.05) is 38.0 Å². The van der Waals surface area contributed by atoms with Gasteiger partial charge < -0.3 is 9.88 Å². The predicted octanol–water partition coefficient (Wildman–Crippen LogP) is 3.89. The highest BCUT2D eigenvalue weighted by Gasteiger charge is 2.18. The van der Waals surface area contributed by atoms with Gasteiger partial charge in [-0.05, 0) is 31.9 Å². The van der Waals surface area contributed by atoms with Crippen molar-refractivity contribution in [2.75, 3.05) is 6.54 Å². The summed E-state index contributed by atoms with van der Waals surface area (Å²) in [5.74, 6) is 0.0525. The summed E-state index contributed by atoms with van der Waals surface area (Å²) in [6.45, 7) is 7.86. The van der Waals surface area contributed by atoms with Crippen molar-refractivity contribution in [1.82, 2.24) is 9.88 Å². The molecule has 1 aromatic heterocycles. The van der Waals surface area contributed by atoms with Crippen molar-refractivity contribution in [1.29, 1.82) is 0 Å². The van der Waals surface area contributed by atoms with Crippen LogP contribution in [0.15, 0.2) is 24.3 Å². The highest BCUT2D eigenvalue weighted by Crippen LogP contribution is 2.25. The van der Waals surface area contributed by atoms with E-state index < -0.39 is 0 Å². The van der Waals surface area contributed by atoms with Crippen LogP contribution < -0.4 is 5.32 Å². The van der Waals surface area contributed by atoms with Gasteiger partial charge in [-0.15, -0.1) is 0 Å². The third kappa shape index (κ3) is 2.72. The molecular weight excluding hydrogens is 248 g/mol. The topological polar surface area (TPSA) is 34.0 Å². The summed E-state index contributed by atoms with van der Waals surface area (Å²) < 4.78 is 2.11. The van der Waals surface area contributed by atoms with Crippen LogP contribution >= 0.6 is 0 Å². The molecule has 20 heavy (non-hydrogen) atoms. The number of rotatable bonds is 6. The van der Waals surface area contributed by atoms with Gasteiger partial charge in [0.05, 0.1) is 0 Å². The average molecular weight is 272 g/mol. The summed E-state index contributed by atoms with van der Waals surface area (Å²) in [4.78, 5) is 12.4. The zero-order chi connectivity index (χ0) is 14.5. The molecule has 1 heterocycles. The summed E-state index contributed by atoms with van der Waals surface area (Å²) in [5.41, 5.74) is 3.03. The molecule has 3 nitrogen and oxygen atoms in total. The van der Waals surface area contributed by atoms with E-state index >= 15 is 0 Å². The number of carbonyl (C=O) groups is 1. The van der Waals surface area contributed by atoms with Crippen molar-refractivity contribution < 1.29 is 4.79 Å². The third-order valence-corrected chi connectivity index (χ3v) is 3.82. The van der Waals surface area contributed by atoms with Crippen molar-refractivity contribution in [3.63, 3.8) is 0 Å². The number of unbranched alkanes of at least 4 members (excludes halogenated alkanes) is 2. The monoisotopic (exact) mass is 272 g/mol. The molecule has 3 heteroatoms. The van der Waals surface area contributed by atoms with E-state index in [4.69, 9.17) is 0 Å². The molecule has 1 amide bonds. The van der Waals surface area contributed by atoms with Gasteiger partial charge in [-0.3, -0.25) is 4.79 Å². The molecule has 1 aromatic carbocycles. The Labute approximate surface area is 121 Å². The second-order valence-corrected chi connectivity index (χ2v) is 5.20. The Morgan fingerprint density at radius 2 is 1.95 bits per heavy atom. The lowest BCUT2D eigenvalue weighted by molar-refractivity contribution is 0.0943.